The maximum Gasteiger partial charge on any atom is 0.267 e. The Morgan fingerprint density at radius 1 is 1.26 bits per heavy atom. The van der Waals surface area contributed by atoms with Crippen molar-refractivity contribution in [2.24, 2.45) is 0 Å². The highest BCUT2D eigenvalue weighted by Gasteiger charge is 2.29. The van der Waals surface area contributed by atoms with Gasteiger partial charge in [-0.15, -0.1) is 0 Å². The number of unbranched alkanes of at least 4 members (excludes halogenated alkanes) is 1. The molecule has 1 heterocycles. The summed E-state index contributed by atoms with van der Waals surface area (Å²) in [6, 6.07) is 12.4. The molecule has 3 rings (SSSR count). The largest absolute Gasteiger partial charge is 0.493 e. The predicted molar refractivity (Wildman–Crippen MR) is 105 cm³/mol. The number of ether oxygens (including phenoxy) is 2. The van der Waals surface area contributed by atoms with Gasteiger partial charge in [-0.05, 0) is 43.7 Å². The van der Waals surface area contributed by atoms with Crippen molar-refractivity contribution >= 4 is 23.2 Å². The molecule has 1 atom stereocenters. The van der Waals surface area contributed by atoms with Gasteiger partial charge in [0, 0.05) is 12.7 Å². The third-order valence-corrected chi connectivity index (χ3v) is 4.45. The fourth-order valence-electron chi connectivity index (χ4n) is 2.89. The third-order valence-electron chi connectivity index (χ3n) is 4.45. The third kappa shape index (κ3) is 4.05. The van der Waals surface area contributed by atoms with Crippen LogP contribution >= 0.6 is 0 Å². The Balaban J connectivity index is 1.79. The summed E-state index contributed by atoms with van der Waals surface area (Å²) in [5.74, 6) is 0.790. The van der Waals surface area contributed by atoms with Crippen molar-refractivity contribution in [3.05, 3.63) is 48.0 Å². The number of nitrogens with zero attached hydrogens (tertiary/aromatic N) is 1. The smallest absolute Gasteiger partial charge is 0.267 e. The highest BCUT2D eigenvalue weighted by Crippen LogP contribution is 2.35. The van der Waals surface area contributed by atoms with Gasteiger partial charge in [-0.25, -0.2) is 0 Å². The number of anilines is 2. The normalized spacial score (nSPS) is 15.7. The van der Waals surface area contributed by atoms with Crippen molar-refractivity contribution in [3.63, 3.8) is 0 Å². The van der Waals surface area contributed by atoms with E-state index in [4.69, 9.17) is 9.47 Å². The SMILES string of the molecule is CCCCOc1ccccc1C(=O)Nc1ccc2c(c1)N(C)C(=O)C(C)O2. The lowest BCUT2D eigenvalue weighted by atomic mass is 10.1. The van der Waals surface area contributed by atoms with Gasteiger partial charge >= 0.3 is 0 Å². The van der Waals surface area contributed by atoms with Crippen LogP contribution in [0.25, 0.3) is 0 Å². The molecule has 0 radical (unpaired) electrons. The van der Waals surface area contributed by atoms with Gasteiger partial charge in [0.15, 0.2) is 6.10 Å². The van der Waals surface area contributed by atoms with Crippen LogP contribution in [-0.2, 0) is 4.79 Å². The first-order valence-corrected chi connectivity index (χ1v) is 9.12. The summed E-state index contributed by atoms with van der Waals surface area (Å²) in [4.78, 5) is 26.4. The molecule has 0 saturated heterocycles. The van der Waals surface area contributed by atoms with Crippen LogP contribution in [0.3, 0.4) is 0 Å². The number of amides is 2. The van der Waals surface area contributed by atoms with Crippen LogP contribution in [-0.4, -0.2) is 31.6 Å². The number of carbonyl (C=O) groups excluding carboxylic acids is 2. The van der Waals surface area contributed by atoms with Gasteiger partial charge in [0.1, 0.15) is 11.5 Å². The van der Waals surface area contributed by atoms with Gasteiger partial charge < -0.3 is 19.7 Å². The topological polar surface area (TPSA) is 67.9 Å². The van der Waals surface area contributed by atoms with Crippen LogP contribution < -0.4 is 19.7 Å². The lowest BCUT2D eigenvalue weighted by Gasteiger charge is -2.30. The Kier molecular flexibility index (Phi) is 5.64. The summed E-state index contributed by atoms with van der Waals surface area (Å²) in [5, 5.41) is 2.87. The summed E-state index contributed by atoms with van der Waals surface area (Å²) < 4.78 is 11.3. The molecule has 6 heteroatoms. The summed E-state index contributed by atoms with van der Waals surface area (Å²) >= 11 is 0. The Morgan fingerprint density at radius 2 is 2.04 bits per heavy atom. The number of likely N-dealkylation sites (N-methyl/N-ethyl adjacent to an activating group) is 1. The monoisotopic (exact) mass is 368 g/mol. The van der Waals surface area contributed by atoms with Crippen LogP contribution in [0.5, 0.6) is 11.5 Å². The van der Waals surface area contributed by atoms with E-state index in [-0.39, 0.29) is 11.8 Å². The molecule has 6 nitrogen and oxygen atoms in total. The highest BCUT2D eigenvalue weighted by molar-refractivity contribution is 6.07. The summed E-state index contributed by atoms with van der Waals surface area (Å²) in [7, 11) is 1.70. The molecule has 1 N–H and O–H groups in total. The molecule has 0 aliphatic carbocycles. The van der Waals surface area contributed by atoms with Crippen LogP contribution in [0, 0.1) is 0 Å². The van der Waals surface area contributed by atoms with Gasteiger partial charge in [0.2, 0.25) is 0 Å². The lowest BCUT2D eigenvalue weighted by molar-refractivity contribution is -0.125. The van der Waals surface area contributed by atoms with E-state index in [1.54, 1.807) is 55.3 Å². The summed E-state index contributed by atoms with van der Waals surface area (Å²) in [6.45, 7) is 4.37. The molecule has 0 saturated carbocycles. The average molecular weight is 368 g/mol. The first-order chi connectivity index (χ1) is 13.0. The minimum absolute atomic E-state index is 0.124. The molecule has 0 spiro atoms. The maximum atomic E-state index is 12.7. The Morgan fingerprint density at radius 3 is 2.81 bits per heavy atom. The second-order valence-corrected chi connectivity index (χ2v) is 6.49. The molecule has 2 amide bonds. The molecule has 1 unspecified atom stereocenters. The van der Waals surface area contributed by atoms with Crippen LogP contribution in [0.1, 0.15) is 37.0 Å². The Bertz CT molecular complexity index is 850. The van der Waals surface area contributed by atoms with Crippen molar-refractivity contribution in [2.75, 3.05) is 23.9 Å². The molecular formula is C21H24N2O4. The van der Waals surface area contributed by atoms with E-state index in [2.05, 4.69) is 12.2 Å². The number of para-hydroxylation sites is 1. The second kappa shape index (κ2) is 8.12. The number of hydrogen-bond acceptors (Lipinski definition) is 4. The van der Waals surface area contributed by atoms with Gasteiger partial charge in [0.25, 0.3) is 11.8 Å². The van der Waals surface area contributed by atoms with Crippen LogP contribution in [0.2, 0.25) is 0 Å². The Hall–Kier alpha value is -3.02. The number of rotatable bonds is 6. The van der Waals surface area contributed by atoms with E-state index in [0.29, 0.717) is 35.0 Å². The van der Waals surface area contributed by atoms with Gasteiger partial charge in [0.05, 0.1) is 17.9 Å². The molecule has 0 fully saturated rings. The predicted octanol–water partition coefficient (Wildman–Crippen LogP) is 3.86. The molecule has 2 aromatic carbocycles. The van der Waals surface area contributed by atoms with Crippen molar-refractivity contribution in [1.82, 2.24) is 0 Å². The van der Waals surface area contributed by atoms with E-state index in [1.807, 2.05) is 6.07 Å². The van der Waals surface area contributed by atoms with Crippen molar-refractivity contribution in [2.45, 2.75) is 32.8 Å². The van der Waals surface area contributed by atoms with Gasteiger partial charge in [-0.3, -0.25) is 9.59 Å². The molecule has 0 aromatic heterocycles. The Labute approximate surface area is 159 Å². The summed E-state index contributed by atoms with van der Waals surface area (Å²) in [6.07, 6.45) is 1.44. The zero-order valence-electron chi connectivity index (χ0n) is 15.8. The van der Waals surface area contributed by atoms with E-state index >= 15 is 0 Å². The number of carbonyl (C=O) groups is 2. The number of nitrogens with one attached hydrogen (secondary N) is 1. The molecule has 1 aliphatic rings. The molecule has 0 bridgehead atoms. The summed E-state index contributed by atoms with van der Waals surface area (Å²) in [5.41, 5.74) is 1.68. The fourth-order valence-corrected chi connectivity index (χ4v) is 2.89. The molecular weight excluding hydrogens is 344 g/mol. The van der Waals surface area contributed by atoms with Crippen LogP contribution in [0.4, 0.5) is 11.4 Å². The van der Waals surface area contributed by atoms with Gasteiger partial charge in [-0.1, -0.05) is 25.5 Å². The number of fused-ring (bicyclic) bond motifs is 1. The molecule has 1 aliphatic heterocycles. The van der Waals surface area contributed by atoms with Crippen LogP contribution in [0.15, 0.2) is 42.5 Å². The maximum absolute atomic E-state index is 12.7. The molecule has 27 heavy (non-hydrogen) atoms. The van der Waals surface area contributed by atoms with E-state index in [0.717, 1.165) is 12.8 Å². The minimum Gasteiger partial charge on any atom is -0.493 e. The van der Waals surface area contributed by atoms with Gasteiger partial charge in [-0.2, -0.15) is 0 Å². The van der Waals surface area contributed by atoms with Crippen molar-refractivity contribution < 1.29 is 19.1 Å². The molecule has 2 aromatic rings. The lowest BCUT2D eigenvalue weighted by Crippen LogP contribution is -2.41. The number of benzene rings is 2. The first kappa shape index (κ1) is 18.8. The number of hydrogen-bond donors (Lipinski definition) is 1. The molecule has 142 valence electrons. The average Bonchev–Trinajstić information content (AvgIpc) is 2.67. The second-order valence-electron chi connectivity index (χ2n) is 6.49. The van der Waals surface area contributed by atoms with Crippen molar-refractivity contribution in [3.8, 4) is 11.5 Å². The fraction of sp³-hybridized carbons (Fsp3) is 0.333. The first-order valence-electron chi connectivity index (χ1n) is 9.12. The zero-order chi connectivity index (χ0) is 19.4. The standard InChI is InChI=1S/C21H24N2O4/c1-4-5-12-26-18-9-7-6-8-16(18)20(24)22-15-10-11-19-17(13-15)23(3)21(25)14(2)27-19/h6-11,13-14H,4-5,12H2,1-3H3,(H,22,24). The zero-order valence-corrected chi connectivity index (χ0v) is 15.8. The van der Waals surface area contributed by atoms with E-state index in [9.17, 15) is 9.59 Å². The highest BCUT2D eigenvalue weighted by atomic mass is 16.5. The minimum atomic E-state index is -0.518. The quantitative estimate of drug-likeness (QED) is 0.786. The van der Waals surface area contributed by atoms with Crippen molar-refractivity contribution in [1.29, 1.82) is 0 Å². The van der Waals surface area contributed by atoms with E-state index < -0.39 is 6.10 Å². The van der Waals surface area contributed by atoms with E-state index in [1.165, 1.54) is 0 Å².